The largest absolute Gasteiger partial charge is 0.484 e. The van der Waals surface area contributed by atoms with Gasteiger partial charge in [0.15, 0.2) is 6.61 Å². The number of nitrogens with zero attached hydrogens (tertiary/aromatic N) is 2. The first-order chi connectivity index (χ1) is 14.8. The quantitative estimate of drug-likeness (QED) is 0.594. The number of ether oxygens (including phenoxy) is 1. The van der Waals surface area contributed by atoms with Crippen LogP contribution in [-0.4, -0.2) is 63.7 Å². The van der Waals surface area contributed by atoms with Crippen LogP contribution in [-0.2, 0) is 14.8 Å². The van der Waals surface area contributed by atoms with Gasteiger partial charge in [0.25, 0.3) is 5.91 Å². The van der Waals surface area contributed by atoms with Crippen molar-refractivity contribution in [2.45, 2.75) is 13.3 Å². The van der Waals surface area contributed by atoms with Crippen LogP contribution in [0, 0.1) is 12.7 Å². The monoisotopic (exact) mass is 449 g/mol. The second kappa shape index (κ2) is 10.6. The second-order valence-corrected chi connectivity index (χ2v) is 9.55. The van der Waals surface area contributed by atoms with Gasteiger partial charge in [-0.3, -0.25) is 4.79 Å². The van der Waals surface area contributed by atoms with Gasteiger partial charge in [-0.1, -0.05) is 29.8 Å². The Morgan fingerprint density at radius 2 is 1.74 bits per heavy atom. The highest BCUT2D eigenvalue weighted by atomic mass is 32.2. The fourth-order valence-corrected chi connectivity index (χ4v) is 4.85. The summed E-state index contributed by atoms with van der Waals surface area (Å²) >= 11 is 0. The molecule has 3 rings (SSSR count). The second-order valence-electron chi connectivity index (χ2n) is 7.46. The summed E-state index contributed by atoms with van der Waals surface area (Å²) in [5, 5.41) is 2.68. The van der Waals surface area contributed by atoms with Crippen molar-refractivity contribution in [1.82, 2.24) is 9.62 Å². The molecule has 1 aliphatic heterocycles. The van der Waals surface area contributed by atoms with Crippen molar-refractivity contribution in [2.75, 3.05) is 50.0 Å². The zero-order valence-corrected chi connectivity index (χ0v) is 18.4. The van der Waals surface area contributed by atoms with Crippen LogP contribution < -0.4 is 15.0 Å². The van der Waals surface area contributed by atoms with Gasteiger partial charge in [-0.15, -0.1) is 0 Å². The van der Waals surface area contributed by atoms with Gasteiger partial charge in [-0.2, -0.15) is 4.31 Å². The zero-order valence-electron chi connectivity index (χ0n) is 17.6. The van der Waals surface area contributed by atoms with Gasteiger partial charge in [0.2, 0.25) is 10.0 Å². The smallest absolute Gasteiger partial charge is 0.257 e. The van der Waals surface area contributed by atoms with Crippen molar-refractivity contribution in [3.05, 3.63) is 59.9 Å². The molecule has 2 aromatic carbocycles. The van der Waals surface area contributed by atoms with Crippen LogP contribution in [0.2, 0.25) is 0 Å². The van der Waals surface area contributed by atoms with Gasteiger partial charge in [-0.05, 0) is 37.6 Å². The van der Waals surface area contributed by atoms with Crippen LogP contribution in [0.5, 0.6) is 5.75 Å². The molecule has 0 bridgehead atoms. The summed E-state index contributed by atoms with van der Waals surface area (Å²) in [6.45, 7) is 3.60. The summed E-state index contributed by atoms with van der Waals surface area (Å²) in [5.41, 5.74) is 1.60. The topological polar surface area (TPSA) is 78.9 Å². The van der Waals surface area contributed by atoms with E-state index >= 15 is 0 Å². The van der Waals surface area contributed by atoms with Crippen LogP contribution in [0.25, 0.3) is 0 Å². The van der Waals surface area contributed by atoms with Crippen LogP contribution in [0.1, 0.15) is 12.0 Å². The maximum absolute atomic E-state index is 13.9. The van der Waals surface area contributed by atoms with Gasteiger partial charge in [0.1, 0.15) is 11.6 Å². The van der Waals surface area contributed by atoms with Crippen LogP contribution in [0.15, 0.2) is 48.5 Å². The number of carbonyl (C=O) groups is 1. The van der Waals surface area contributed by atoms with Gasteiger partial charge in [0.05, 0.1) is 11.4 Å². The van der Waals surface area contributed by atoms with Crippen LogP contribution in [0.3, 0.4) is 0 Å². The van der Waals surface area contributed by atoms with E-state index in [0.717, 1.165) is 5.56 Å². The molecule has 1 amide bonds. The van der Waals surface area contributed by atoms with E-state index in [1.165, 1.54) is 10.4 Å². The highest BCUT2D eigenvalue weighted by Gasteiger charge is 2.27. The minimum absolute atomic E-state index is 0.0498. The maximum Gasteiger partial charge on any atom is 0.257 e. The van der Waals surface area contributed by atoms with E-state index in [9.17, 15) is 17.6 Å². The molecule has 0 saturated carbocycles. The SMILES string of the molecule is Cc1ccc(OCC(=O)NCCCS(=O)(=O)N2CCN(c3ccccc3F)CC2)cc1. The Bertz CT molecular complexity index is 975. The normalized spacial score (nSPS) is 15.0. The number of carbonyl (C=O) groups excluding carboxylic acids is 1. The average molecular weight is 450 g/mol. The standard InChI is InChI=1S/C22H28FN3O4S/c1-18-7-9-19(10-8-18)30-17-22(27)24-11-4-16-31(28,29)26-14-12-25(13-15-26)21-6-3-2-5-20(21)23/h2-3,5-10H,4,11-17H2,1H3,(H,24,27). The van der Waals surface area contributed by atoms with Gasteiger partial charge in [-0.25, -0.2) is 12.8 Å². The molecule has 0 aromatic heterocycles. The minimum Gasteiger partial charge on any atom is -0.484 e. The molecule has 0 unspecified atom stereocenters. The molecule has 0 spiro atoms. The summed E-state index contributed by atoms with van der Waals surface area (Å²) in [7, 11) is -3.43. The van der Waals surface area contributed by atoms with E-state index in [4.69, 9.17) is 4.74 Å². The number of hydrogen-bond acceptors (Lipinski definition) is 5. The molecule has 0 aliphatic carbocycles. The molecular formula is C22H28FN3O4S. The van der Waals surface area contributed by atoms with E-state index in [1.54, 1.807) is 30.3 Å². The fourth-order valence-electron chi connectivity index (χ4n) is 3.36. The highest BCUT2D eigenvalue weighted by Crippen LogP contribution is 2.21. The Labute approximate surface area is 182 Å². The summed E-state index contributed by atoms with van der Waals surface area (Å²) in [5.74, 6) is -0.0403. The molecule has 31 heavy (non-hydrogen) atoms. The Morgan fingerprint density at radius 3 is 2.42 bits per heavy atom. The van der Waals surface area contributed by atoms with Crippen molar-refractivity contribution < 1.29 is 22.3 Å². The zero-order chi connectivity index (χ0) is 22.3. The highest BCUT2D eigenvalue weighted by molar-refractivity contribution is 7.89. The Hall–Kier alpha value is -2.65. The molecule has 0 radical (unpaired) electrons. The van der Waals surface area contributed by atoms with Gasteiger partial charge in [0, 0.05) is 32.7 Å². The maximum atomic E-state index is 13.9. The first kappa shape index (κ1) is 23.0. The third kappa shape index (κ3) is 6.67. The van der Waals surface area contributed by atoms with Gasteiger partial charge < -0.3 is 15.0 Å². The first-order valence-corrected chi connectivity index (χ1v) is 11.9. The van der Waals surface area contributed by atoms with Gasteiger partial charge >= 0.3 is 0 Å². The molecule has 1 fully saturated rings. The molecule has 1 N–H and O–H groups in total. The molecule has 1 aliphatic rings. The predicted octanol–water partition coefficient (Wildman–Crippen LogP) is 2.17. The molecule has 1 heterocycles. The fraction of sp³-hybridized carbons (Fsp3) is 0.409. The van der Waals surface area contributed by atoms with Crippen LogP contribution in [0.4, 0.5) is 10.1 Å². The molecule has 7 nitrogen and oxygen atoms in total. The third-order valence-corrected chi connectivity index (χ3v) is 7.07. The van der Waals surface area contributed by atoms with E-state index < -0.39 is 10.0 Å². The number of halogens is 1. The number of aryl methyl sites for hydroxylation is 1. The van der Waals surface area contributed by atoms with Crippen molar-refractivity contribution in [3.8, 4) is 5.75 Å². The first-order valence-electron chi connectivity index (χ1n) is 10.3. The van der Waals surface area contributed by atoms with E-state index in [0.29, 0.717) is 44.0 Å². The molecule has 0 atom stereocenters. The number of hydrogen-bond donors (Lipinski definition) is 1. The van der Waals surface area contributed by atoms with Crippen molar-refractivity contribution in [2.24, 2.45) is 0 Å². The van der Waals surface area contributed by atoms with Crippen molar-refractivity contribution >= 4 is 21.6 Å². The lowest BCUT2D eigenvalue weighted by atomic mass is 10.2. The summed E-state index contributed by atoms with van der Waals surface area (Å²) in [4.78, 5) is 13.7. The Kier molecular flexibility index (Phi) is 7.86. The van der Waals surface area contributed by atoms with Crippen molar-refractivity contribution in [1.29, 1.82) is 0 Å². The molecule has 9 heteroatoms. The molecule has 2 aromatic rings. The summed E-state index contributed by atoms with van der Waals surface area (Å²) in [6, 6.07) is 13.9. The Balaban J connectivity index is 1.36. The predicted molar refractivity (Wildman–Crippen MR) is 118 cm³/mol. The van der Waals surface area contributed by atoms with Crippen molar-refractivity contribution in [3.63, 3.8) is 0 Å². The lowest BCUT2D eigenvalue weighted by Gasteiger charge is -2.35. The number of sulfonamides is 1. The van der Waals surface area contributed by atoms with Crippen LogP contribution >= 0.6 is 0 Å². The Morgan fingerprint density at radius 1 is 1.06 bits per heavy atom. The summed E-state index contributed by atoms with van der Waals surface area (Å²) < 4.78 is 45.9. The number of amides is 1. The molecular weight excluding hydrogens is 421 g/mol. The van der Waals surface area contributed by atoms with E-state index in [-0.39, 0.29) is 30.6 Å². The third-order valence-electron chi connectivity index (χ3n) is 5.12. The lowest BCUT2D eigenvalue weighted by Crippen LogP contribution is -2.49. The number of rotatable bonds is 9. The average Bonchev–Trinajstić information content (AvgIpc) is 2.77. The number of benzene rings is 2. The lowest BCUT2D eigenvalue weighted by molar-refractivity contribution is -0.123. The summed E-state index contributed by atoms with van der Waals surface area (Å²) in [6.07, 6.45) is 0.312. The number of para-hydroxylation sites is 1. The number of piperazine rings is 1. The molecule has 1 saturated heterocycles. The molecule has 168 valence electrons. The number of anilines is 1. The van der Waals surface area contributed by atoms with E-state index in [1.807, 2.05) is 24.0 Å². The number of nitrogens with one attached hydrogen (secondary N) is 1. The van der Waals surface area contributed by atoms with E-state index in [2.05, 4.69) is 5.32 Å². The minimum atomic E-state index is -3.43.